The van der Waals surface area contributed by atoms with Gasteiger partial charge in [0.2, 0.25) is 0 Å². The van der Waals surface area contributed by atoms with Crippen molar-refractivity contribution in [3.8, 4) is 0 Å². The van der Waals surface area contributed by atoms with Crippen molar-refractivity contribution in [1.82, 2.24) is 4.90 Å². The van der Waals surface area contributed by atoms with Gasteiger partial charge in [-0.1, -0.05) is 48.0 Å². The van der Waals surface area contributed by atoms with E-state index in [-0.39, 0.29) is 24.4 Å². The van der Waals surface area contributed by atoms with Gasteiger partial charge in [-0.3, -0.25) is 9.59 Å². The molecule has 5 nitrogen and oxygen atoms in total. The Hall–Kier alpha value is -2.66. The third-order valence-corrected chi connectivity index (χ3v) is 6.17. The van der Waals surface area contributed by atoms with Crippen LogP contribution in [-0.4, -0.2) is 42.9 Å². The maximum atomic E-state index is 13.2. The van der Waals surface area contributed by atoms with Gasteiger partial charge in [-0.2, -0.15) is 0 Å². The van der Waals surface area contributed by atoms with E-state index < -0.39 is 0 Å². The fourth-order valence-electron chi connectivity index (χ4n) is 4.33. The zero-order valence-corrected chi connectivity index (χ0v) is 19.5. The van der Waals surface area contributed by atoms with Gasteiger partial charge < -0.3 is 15.1 Å². The minimum Gasteiger partial charge on any atom is -0.331 e. The summed E-state index contributed by atoms with van der Waals surface area (Å²) in [6, 6.07) is 14.5. The molecule has 5 heteroatoms. The van der Waals surface area contributed by atoms with Crippen molar-refractivity contribution in [1.29, 1.82) is 0 Å². The van der Waals surface area contributed by atoms with Gasteiger partial charge in [0.15, 0.2) is 13.1 Å². The van der Waals surface area contributed by atoms with Crippen molar-refractivity contribution in [2.24, 2.45) is 5.92 Å². The molecule has 0 radical (unpaired) electrons. The lowest BCUT2D eigenvalue weighted by molar-refractivity contribution is -0.862. The molecule has 1 aliphatic carbocycles. The Labute approximate surface area is 186 Å². The predicted molar refractivity (Wildman–Crippen MR) is 125 cm³/mol. The Kier molecular flexibility index (Phi) is 7.50. The van der Waals surface area contributed by atoms with Crippen LogP contribution < -0.4 is 10.2 Å². The van der Waals surface area contributed by atoms with Crippen LogP contribution in [0.15, 0.2) is 42.5 Å². The summed E-state index contributed by atoms with van der Waals surface area (Å²) in [5.74, 6) is 0.644. The molecule has 1 saturated carbocycles. The number of carbonyl (C=O) groups is 2. The maximum Gasteiger partial charge on any atom is 0.279 e. The normalized spacial score (nSPS) is 15.3. The largest absolute Gasteiger partial charge is 0.331 e. The molecular formula is C26H36N3O2+. The summed E-state index contributed by atoms with van der Waals surface area (Å²) in [5.41, 5.74) is 5.33. The fraction of sp³-hybridized carbons (Fsp3) is 0.462. The highest BCUT2D eigenvalue weighted by Gasteiger charge is 2.35. The van der Waals surface area contributed by atoms with Crippen LogP contribution >= 0.6 is 0 Å². The van der Waals surface area contributed by atoms with Crippen molar-refractivity contribution < 1.29 is 14.5 Å². The molecule has 0 aliphatic heterocycles. The average Bonchev–Trinajstić information content (AvgIpc) is 3.54. The van der Waals surface area contributed by atoms with Crippen LogP contribution in [-0.2, 0) is 16.1 Å². The Balaban J connectivity index is 1.60. The van der Waals surface area contributed by atoms with Gasteiger partial charge in [0.1, 0.15) is 0 Å². The molecule has 2 N–H and O–H groups in total. The molecule has 0 saturated heterocycles. The Morgan fingerprint density at radius 3 is 2.26 bits per heavy atom. The van der Waals surface area contributed by atoms with Gasteiger partial charge in [-0.15, -0.1) is 0 Å². The summed E-state index contributed by atoms with van der Waals surface area (Å²) in [5, 5.41) is 3.05. The van der Waals surface area contributed by atoms with Crippen molar-refractivity contribution >= 4 is 17.5 Å². The van der Waals surface area contributed by atoms with Gasteiger partial charge in [0, 0.05) is 18.3 Å². The van der Waals surface area contributed by atoms with E-state index in [0.29, 0.717) is 19.0 Å². The van der Waals surface area contributed by atoms with Gasteiger partial charge >= 0.3 is 0 Å². The lowest BCUT2D eigenvalue weighted by atomic mass is 10.1. The first kappa shape index (κ1) is 23.0. The zero-order valence-electron chi connectivity index (χ0n) is 19.5. The molecule has 166 valence electrons. The SMILES string of the molecule is Cc1cc(C)c(NC(=O)C[NH+](C)CC(=O)N(Cc2ccccc2)[C@@H](C)C2CC2)c(C)c1. The molecule has 2 atom stereocenters. The second-order valence-corrected chi connectivity index (χ2v) is 9.22. The molecule has 1 aliphatic rings. The van der Waals surface area contributed by atoms with Crippen molar-refractivity contribution in [2.45, 2.75) is 53.1 Å². The number of quaternary nitrogens is 1. The number of rotatable bonds is 9. The van der Waals surface area contributed by atoms with Crippen molar-refractivity contribution in [2.75, 3.05) is 25.5 Å². The molecular weight excluding hydrogens is 386 g/mol. The van der Waals surface area contributed by atoms with E-state index in [9.17, 15) is 9.59 Å². The number of carbonyl (C=O) groups excluding carboxylic acids is 2. The summed E-state index contributed by atoms with van der Waals surface area (Å²) in [6.45, 7) is 9.42. The van der Waals surface area contributed by atoms with E-state index in [1.807, 2.05) is 44.0 Å². The topological polar surface area (TPSA) is 53.9 Å². The highest BCUT2D eigenvalue weighted by Crippen LogP contribution is 2.35. The van der Waals surface area contributed by atoms with Gasteiger partial charge in [-0.25, -0.2) is 0 Å². The smallest absolute Gasteiger partial charge is 0.279 e. The molecule has 0 aromatic heterocycles. The van der Waals surface area contributed by atoms with Crippen LogP contribution in [0, 0.1) is 26.7 Å². The first-order valence-electron chi connectivity index (χ1n) is 11.3. The number of hydrogen-bond acceptors (Lipinski definition) is 2. The number of aryl methyl sites for hydroxylation is 3. The first-order valence-corrected chi connectivity index (χ1v) is 11.3. The molecule has 1 fully saturated rings. The van der Waals surface area contributed by atoms with E-state index in [1.54, 1.807) is 0 Å². The van der Waals surface area contributed by atoms with Crippen LogP contribution in [0.4, 0.5) is 5.69 Å². The quantitative estimate of drug-likeness (QED) is 0.653. The predicted octanol–water partition coefficient (Wildman–Crippen LogP) is 2.89. The van der Waals surface area contributed by atoms with E-state index in [0.717, 1.165) is 27.3 Å². The molecule has 2 aromatic rings. The molecule has 0 spiro atoms. The summed E-state index contributed by atoms with van der Waals surface area (Å²) < 4.78 is 0. The van der Waals surface area contributed by atoms with Gasteiger partial charge in [0.25, 0.3) is 11.8 Å². The fourth-order valence-corrected chi connectivity index (χ4v) is 4.33. The number of nitrogens with one attached hydrogen (secondary N) is 2. The third kappa shape index (κ3) is 6.41. The maximum absolute atomic E-state index is 13.2. The number of likely N-dealkylation sites (N-methyl/N-ethyl adjacent to an activating group) is 1. The Bertz CT molecular complexity index is 898. The Morgan fingerprint density at radius 1 is 1.06 bits per heavy atom. The number of nitrogens with zero attached hydrogens (tertiary/aromatic N) is 1. The number of amides is 2. The summed E-state index contributed by atoms with van der Waals surface area (Å²) >= 11 is 0. The van der Waals surface area contributed by atoms with Crippen LogP contribution in [0.2, 0.25) is 0 Å². The second kappa shape index (κ2) is 10.1. The molecule has 0 bridgehead atoms. The van der Waals surface area contributed by atoms with Crippen molar-refractivity contribution in [3.05, 3.63) is 64.7 Å². The van der Waals surface area contributed by atoms with E-state index >= 15 is 0 Å². The zero-order chi connectivity index (χ0) is 22.5. The minimum absolute atomic E-state index is 0.0646. The highest BCUT2D eigenvalue weighted by molar-refractivity contribution is 5.93. The van der Waals surface area contributed by atoms with Crippen LogP contribution in [0.5, 0.6) is 0 Å². The van der Waals surface area contributed by atoms with Crippen LogP contribution in [0.25, 0.3) is 0 Å². The molecule has 2 aromatic carbocycles. The molecule has 31 heavy (non-hydrogen) atoms. The lowest BCUT2D eigenvalue weighted by Crippen LogP contribution is -3.11. The highest BCUT2D eigenvalue weighted by atomic mass is 16.2. The third-order valence-electron chi connectivity index (χ3n) is 6.17. The molecule has 1 unspecified atom stereocenters. The average molecular weight is 423 g/mol. The molecule has 3 rings (SSSR count). The standard InChI is InChI=1S/C26H35N3O2/c1-18-13-19(2)26(20(3)14-18)27-24(30)16-28(5)17-25(31)29(21(4)23-11-12-23)15-22-9-7-6-8-10-22/h6-10,13-14,21,23H,11-12,15-17H2,1-5H3,(H,27,30)/p+1/t21-/m0/s1. The summed E-state index contributed by atoms with van der Waals surface area (Å²) in [7, 11) is 1.91. The summed E-state index contributed by atoms with van der Waals surface area (Å²) in [4.78, 5) is 28.7. The summed E-state index contributed by atoms with van der Waals surface area (Å²) in [6.07, 6.45) is 2.39. The van der Waals surface area contributed by atoms with E-state index in [2.05, 4.69) is 43.4 Å². The lowest BCUT2D eigenvalue weighted by Gasteiger charge is -2.30. The van der Waals surface area contributed by atoms with E-state index in [1.165, 1.54) is 18.4 Å². The van der Waals surface area contributed by atoms with Crippen LogP contribution in [0.1, 0.15) is 42.0 Å². The molecule has 2 amide bonds. The molecule has 0 heterocycles. The number of hydrogen-bond donors (Lipinski definition) is 2. The van der Waals surface area contributed by atoms with Crippen molar-refractivity contribution in [3.63, 3.8) is 0 Å². The number of anilines is 1. The Morgan fingerprint density at radius 2 is 1.68 bits per heavy atom. The monoisotopic (exact) mass is 422 g/mol. The van der Waals surface area contributed by atoms with E-state index in [4.69, 9.17) is 0 Å². The first-order chi connectivity index (χ1) is 14.7. The van der Waals surface area contributed by atoms with Crippen LogP contribution in [0.3, 0.4) is 0 Å². The minimum atomic E-state index is -0.0646. The second-order valence-electron chi connectivity index (χ2n) is 9.22. The van der Waals surface area contributed by atoms with Gasteiger partial charge in [0.05, 0.1) is 7.05 Å². The number of benzene rings is 2. The van der Waals surface area contributed by atoms with Gasteiger partial charge in [-0.05, 0) is 63.1 Å².